The molecule has 0 aromatic heterocycles. The second-order valence-electron chi connectivity index (χ2n) is 8.79. The maximum Gasteiger partial charge on any atom is 0.261 e. The zero-order chi connectivity index (χ0) is 23.5. The number of nitrogens with zero attached hydrogens (tertiary/aromatic N) is 2. The summed E-state index contributed by atoms with van der Waals surface area (Å²) in [7, 11) is 0. The van der Waals surface area contributed by atoms with Crippen LogP contribution in [0.25, 0.3) is 0 Å². The first-order valence-electron chi connectivity index (χ1n) is 10.8. The first-order chi connectivity index (χ1) is 15.2. The molecule has 1 heterocycles. The third-order valence-corrected chi connectivity index (χ3v) is 7.36. The van der Waals surface area contributed by atoms with Gasteiger partial charge in [-0.2, -0.15) is 0 Å². The predicted octanol–water partition coefficient (Wildman–Crippen LogP) is 4.20. The summed E-state index contributed by atoms with van der Waals surface area (Å²) < 4.78 is 0. The van der Waals surface area contributed by atoms with Crippen LogP contribution in [0.4, 0.5) is 0 Å². The molecule has 6 heteroatoms. The Hall–Kier alpha value is -2.65. The lowest BCUT2D eigenvalue weighted by Crippen LogP contribution is -2.48. The largest absolute Gasteiger partial charge is 0.338 e. The zero-order valence-corrected chi connectivity index (χ0v) is 20.1. The van der Waals surface area contributed by atoms with Crippen LogP contribution in [-0.4, -0.2) is 48.4 Å². The van der Waals surface area contributed by atoms with Crippen LogP contribution in [0, 0.1) is 31.1 Å². The Labute approximate surface area is 194 Å². The van der Waals surface area contributed by atoms with Gasteiger partial charge in [0.1, 0.15) is 17.5 Å². The molecule has 2 aliphatic rings. The van der Waals surface area contributed by atoms with Crippen LogP contribution in [0.1, 0.15) is 60.8 Å². The van der Waals surface area contributed by atoms with Gasteiger partial charge in [-0.25, -0.2) is 0 Å². The Bertz CT molecular complexity index is 1010. The van der Waals surface area contributed by atoms with Crippen LogP contribution in [0.2, 0.25) is 0 Å². The minimum absolute atomic E-state index is 0.00195. The molecule has 2 fully saturated rings. The van der Waals surface area contributed by atoms with E-state index < -0.39 is 5.92 Å². The Morgan fingerprint density at radius 3 is 2.22 bits per heavy atom. The number of Topliss-reactive ketones (excluding diaryl/α,β-unsaturated/α-hetero) is 2. The number of aliphatic imine (C=N–C) groups is 1. The lowest BCUT2D eigenvalue weighted by Gasteiger charge is -2.44. The summed E-state index contributed by atoms with van der Waals surface area (Å²) >= 11 is 1.35. The number of carbonyl (C=O) groups excluding carboxylic acids is 3. The van der Waals surface area contributed by atoms with E-state index in [4.69, 9.17) is 0 Å². The van der Waals surface area contributed by atoms with Crippen molar-refractivity contribution in [2.24, 2.45) is 10.4 Å². The molecule has 0 bridgehead atoms. The maximum atomic E-state index is 13.3. The summed E-state index contributed by atoms with van der Waals surface area (Å²) in [6.07, 6.45) is 5.42. The Kier molecular flexibility index (Phi) is 7.40. The number of hydrogen-bond acceptors (Lipinski definition) is 5. The average Bonchev–Trinajstić information content (AvgIpc) is 2.73. The summed E-state index contributed by atoms with van der Waals surface area (Å²) in [5.41, 5.74) is 3.30. The number of carbonyl (C=O) groups is 3. The summed E-state index contributed by atoms with van der Waals surface area (Å²) in [5, 5.41) is 0. The van der Waals surface area contributed by atoms with Gasteiger partial charge in [0.15, 0.2) is 0 Å². The zero-order valence-electron chi connectivity index (χ0n) is 19.3. The predicted molar refractivity (Wildman–Crippen MR) is 130 cm³/mol. The van der Waals surface area contributed by atoms with Crippen molar-refractivity contribution in [1.29, 1.82) is 0 Å². The van der Waals surface area contributed by atoms with Crippen LogP contribution >= 0.6 is 11.8 Å². The summed E-state index contributed by atoms with van der Waals surface area (Å²) in [6.45, 7) is 10.2. The number of amides is 1. The summed E-state index contributed by atoms with van der Waals surface area (Å²) in [5.74, 6) is 5.21. The highest BCUT2D eigenvalue weighted by Gasteiger charge is 2.47. The van der Waals surface area contributed by atoms with Gasteiger partial charge in [-0.05, 0) is 80.8 Å². The fraction of sp³-hybridized carbons (Fsp3) is 0.462. The van der Waals surface area contributed by atoms with Crippen LogP contribution in [0.15, 0.2) is 28.2 Å². The fourth-order valence-electron chi connectivity index (χ4n) is 5.13. The highest BCUT2D eigenvalue weighted by atomic mass is 32.2. The van der Waals surface area contributed by atoms with Crippen molar-refractivity contribution in [3.63, 3.8) is 0 Å². The quantitative estimate of drug-likeness (QED) is 0.298. The molecule has 1 aliphatic heterocycles. The van der Waals surface area contributed by atoms with Crippen molar-refractivity contribution in [2.45, 2.75) is 52.4 Å². The summed E-state index contributed by atoms with van der Waals surface area (Å²) in [4.78, 5) is 45.3. The van der Waals surface area contributed by atoms with Crippen LogP contribution in [0.5, 0.6) is 0 Å². The third kappa shape index (κ3) is 4.73. The molecular weight excluding hydrogens is 420 g/mol. The minimum Gasteiger partial charge on any atom is -0.338 e. The van der Waals surface area contributed by atoms with Gasteiger partial charge in [-0.15, -0.1) is 17.7 Å². The van der Waals surface area contributed by atoms with Gasteiger partial charge in [-0.3, -0.25) is 19.4 Å². The Morgan fingerprint density at radius 1 is 1.19 bits per heavy atom. The van der Waals surface area contributed by atoms with Gasteiger partial charge in [0.2, 0.25) is 0 Å². The van der Waals surface area contributed by atoms with Crippen molar-refractivity contribution in [3.05, 3.63) is 45.5 Å². The molecule has 3 rings (SSSR count). The van der Waals surface area contributed by atoms with Gasteiger partial charge in [0, 0.05) is 37.7 Å². The SMILES string of the molecule is C=N/C=C(\SC)C(=O)N1CCC2(CC1)CC(=O)C(c1c(C)cc(C#CC)cc1C)C(=O)C2. The molecule has 1 aliphatic carbocycles. The van der Waals surface area contributed by atoms with Gasteiger partial charge >= 0.3 is 0 Å². The van der Waals surface area contributed by atoms with Gasteiger partial charge in [-0.1, -0.05) is 5.92 Å². The average molecular weight is 451 g/mol. The monoisotopic (exact) mass is 450 g/mol. The first kappa shape index (κ1) is 24.0. The van der Waals surface area contributed by atoms with E-state index in [0.29, 0.717) is 43.7 Å². The molecule has 168 valence electrons. The molecule has 1 amide bonds. The number of hydrogen-bond donors (Lipinski definition) is 0. The first-order valence-corrected chi connectivity index (χ1v) is 12.1. The van der Waals surface area contributed by atoms with Crippen molar-refractivity contribution < 1.29 is 14.4 Å². The van der Waals surface area contributed by atoms with Crippen LogP contribution in [-0.2, 0) is 14.4 Å². The molecule has 1 spiro atoms. The van der Waals surface area contributed by atoms with E-state index in [1.807, 2.05) is 32.2 Å². The molecule has 0 N–H and O–H groups in total. The molecule has 5 nitrogen and oxygen atoms in total. The van der Waals surface area contributed by atoms with E-state index >= 15 is 0 Å². The van der Waals surface area contributed by atoms with Crippen LogP contribution in [0.3, 0.4) is 0 Å². The van der Waals surface area contributed by atoms with E-state index in [1.54, 1.807) is 11.8 Å². The molecule has 1 saturated heterocycles. The van der Waals surface area contributed by atoms with E-state index in [1.165, 1.54) is 18.0 Å². The molecule has 32 heavy (non-hydrogen) atoms. The fourth-order valence-corrected chi connectivity index (χ4v) is 5.61. The number of rotatable bonds is 4. The van der Waals surface area contributed by atoms with E-state index in [9.17, 15) is 14.4 Å². The maximum absolute atomic E-state index is 13.3. The lowest BCUT2D eigenvalue weighted by atomic mass is 9.62. The number of thioether (sulfide) groups is 1. The smallest absolute Gasteiger partial charge is 0.261 e. The Balaban J connectivity index is 1.76. The van der Waals surface area contributed by atoms with Crippen molar-refractivity contribution in [2.75, 3.05) is 19.3 Å². The number of ketones is 2. The molecule has 0 unspecified atom stereocenters. The highest BCUT2D eigenvalue weighted by Crippen LogP contribution is 2.46. The van der Waals surface area contributed by atoms with E-state index in [-0.39, 0.29) is 22.9 Å². The number of likely N-dealkylation sites (tertiary alicyclic amines) is 1. The number of piperidine rings is 1. The molecular formula is C26H30N2O3S. The summed E-state index contributed by atoms with van der Waals surface area (Å²) in [6, 6.07) is 3.92. The van der Waals surface area contributed by atoms with Gasteiger partial charge in [0.05, 0.1) is 4.91 Å². The third-order valence-electron chi connectivity index (χ3n) is 6.64. The molecule has 1 aromatic carbocycles. The second kappa shape index (κ2) is 9.87. The number of aryl methyl sites for hydroxylation is 2. The minimum atomic E-state index is -0.686. The van der Waals surface area contributed by atoms with Crippen molar-refractivity contribution in [3.8, 4) is 11.8 Å². The number of benzene rings is 1. The van der Waals surface area contributed by atoms with Gasteiger partial charge in [0.25, 0.3) is 5.91 Å². The molecule has 1 saturated carbocycles. The van der Waals surface area contributed by atoms with E-state index in [2.05, 4.69) is 23.6 Å². The van der Waals surface area contributed by atoms with Crippen molar-refractivity contribution in [1.82, 2.24) is 4.90 Å². The normalized spacial score (nSPS) is 19.0. The van der Waals surface area contributed by atoms with Crippen LogP contribution < -0.4 is 0 Å². The standard InChI is InChI=1S/C26H30N2O3S/c1-6-7-19-12-17(2)23(18(3)13-19)24-20(29)14-26(15-21(24)30)8-10-28(11-9-26)25(31)22(32-5)16-27-4/h12-13,16,24H,4,8-11,14-15H2,1-3,5H3/b22-16-. The Morgan fingerprint density at radius 2 is 1.75 bits per heavy atom. The topological polar surface area (TPSA) is 66.8 Å². The highest BCUT2D eigenvalue weighted by molar-refractivity contribution is 8.03. The lowest BCUT2D eigenvalue weighted by molar-refractivity contribution is -0.139. The molecule has 0 atom stereocenters. The van der Waals surface area contributed by atoms with Gasteiger partial charge < -0.3 is 4.90 Å². The van der Waals surface area contributed by atoms with E-state index in [0.717, 1.165) is 22.3 Å². The molecule has 0 radical (unpaired) electrons. The van der Waals surface area contributed by atoms with Crippen molar-refractivity contribution >= 4 is 36.0 Å². The molecule has 1 aromatic rings. The second-order valence-corrected chi connectivity index (χ2v) is 9.64.